The largest absolute Gasteiger partial charge is 0.481 e. The Morgan fingerprint density at radius 3 is 2.34 bits per heavy atom. The highest BCUT2D eigenvalue weighted by Gasteiger charge is 2.84. The number of aldehydes is 2. The summed E-state index contributed by atoms with van der Waals surface area (Å²) in [6.45, 7) is -0.651. The van der Waals surface area contributed by atoms with Crippen LogP contribution >= 0.6 is 0 Å². The van der Waals surface area contributed by atoms with Crippen molar-refractivity contribution < 1.29 is 59.0 Å². The first-order valence-corrected chi connectivity index (χ1v) is 11.2. The lowest BCUT2D eigenvalue weighted by molar-refractivity contribution is -0.304. The molecule has 0 bridgehead atoms. The molecule has 1 aliphatic heterocycles. The Kier molecular flexibility index (Phi) is 6.17. The Labute approximate surface area is 199 Å². The van der Waals surface area contributed by atoms with E-state index in [-0.39, 0.29) is 25.4 Å². The van der Waals surface area contributed by atoms with Gasteiger partial charge in [-0.25, -0.2) is 0 Å². The Bertz CT molecular complexity index is 1010. The van der Waals surface area contributed by atoms with E-state index < -0.39 is 90.0 Å². The highest BCUT2D eigenvalue weighted by Crippen LogP contribution is 2.76. The highest BCUT2D eigenvalue weighted by atomic mass is 16.6. The predicted octanol–water partition coefficient (Wildman–Crippen LogP) is -0.510. The zero-order chi connectivity index (χ0) is 25.8. The summed E-state index contributed by atoms with van der Waals surface area (Å²) < 4.78 is 10.8. The molecule has 2 heterocycles. The monoisotopic (exact) mass is 496 g/mol. The molecule has 12 nitrogen and oxygen atoms in total. The van der Waals surface area contributed by atoms with E-state index in [1.165, 1.54) is 12.5 Å². The second-order valence-electron chi connectivity index (χ2n) is 9.89. The Morgan fingerprint density at radius 1 is 1.11 bits per heavy atom. The van der Waals surface area contributed by atoms with E-state index in [0.717, 1.165) is 0 Å². The first kappa shape index (κ1) is 25.5. The molecule has 1 spiro atoms. The minimum Gasteiger partial charge on any atom is -0.481 e. The van der Waals surface area contributed by atoms with Crippen molar-refractivity contribution in [1.29, 1.82) is 0 Å². The third-order valence-electron chi connectivity index (χ3n) is 9.04. The molecule has 6 N–H and O–H groups in total. The molecular weight excluding hydrogens is 468 g/mol. The number of furan rings is 1. The van der Waals surface area contributed by atoms with Gasteiger partial charge in [-0.2, -0.15) is 0 Å². The van der Waals surface area contributed by atoms with Crippen molar-refractivity contribution in [2.75, 3.05) is 6.61 Å². The third-order valence-corrected chi connectivity index (χ3v) is 9.04. The topological polar surface area (TPSA) is 212 Å². The molecule has 2 aliphatic carbocycles. The summed E-state index contributed by atoms with van der Waals surface area (Å²) in [6, 6.07) is 1.55. The van der Waals surface area contributed by atoms with Gasteiger partial charge in [0.15, 0.2) is 6.29 Å². The van der Waals surface area contributed by atoms with E-state index in [1.807, 2.05) is 0 Å². The van der Waals surface area contributed by atoms with E-state index in [9.17, 15) is 49.8 Å². The second kappa shape index (κ2) is 8.49. The average Bonchev–Trinajstić information content (AvgIpc) is 3.46. The van der Waals surface area contributed by atoms with Gasteiger partial charge in [0.2, 0.25) is 0 Å². The standard InChI is InChI=1S/C23H28O12/c24-8-13-5-16(28)23(11-26)20(10-25,3-1-15(27)22(23,18(31)32)7-17(29)30)21(13)6-14(35-19(21)33)12-2-4-34-9-12/h2,4,9-11,13-16,19,24,27-28,33H,1,3,5-8H2,(H,29,30)(H,31,32)/t13-,14-,15+,16+,19+,20-,21-,22-,23-/m0/s1. The van der Waals surface area contributed by atoms with E-state index in [1.54, 1.807) is 6.07 Å². The van der Waals surface area contributed by atoms with Gasteiger partial charge < -0.3 is 49.4 Å². The number of rotatable bonds is 7. The highest BCUT2D eigenvalue weighted by molar-refractivity contribution is 5.91. The zero-order valence-electron chi connectivity index (χ0n) is 18.6. The summed E-state index contributed by atoms with van der Waals surface area (Å²) in [5.74, 6) is -4.57. The van der Waals surface area contributed by atoms with Crippen LogP contribution < -0.4 is 0 Å². The molecule has 12 heteroatoms. The molecule has 4 rings (SSSR count). The molecule has 2 saturated carbocycles. The lowest BCUT2D eigenvalue weighted by Crippen LogP contribution is -2.79. The lowest BCUT2D eigenvalue weighted by atomic mass is 9.31. The molecule has 192 valence electrons. The minimum absolute atomic E-state index is 0.0543. The summed E-state index contributed by atoms with van der Waals surface area (Å²) in [4.78, 5) is 50.8. The quantitative estimate of drug-likeness (QED) is 0.263. The number of aliphatic hydroxyl groups is 4. The van der Waals surface area contributed by atoms with Gasteiger partial charge in [-0.15, -0.1) is 0 Å². The maximum atomic E-state index is 13.1. The Balaban J connectivity index is 2.05. The molecule has 3 aliphatic rings. The maximum absolute atomic E-state index is 13.1. The first-order valence-electron chi connectivity index (χ1n) is 11.2. The molecule has 0 aromatic carbocycles. The van der Waals surface area contributed by atoms with E-state index in [4.69, 9.17) is 9.15 Å². The molecule has 0 amide bonds. The Hall–Kier alpha value is -2.64. The Morgan fingerprint density at radius 2 is 1.83 bits per heavy atom. The van der Waals surface area contributed by atoms with E-state index >= 15 is 0 Å². The molecule has 1 aromatic rings. The van der Waals surface area contributed by atoms with Crippen LogP contribution in [0.1, 0.15) is 43.8 Å². The molecule has 0 radical (unpaired) electrons. The summed E-state index contributed by atoms with van der Waals surface area (Å²) >= 11 is 0. The number of carbonyl (C=O) groups excluding carboxylic acids is 2. The minimum atomic E-state index is -2.81. The number of fused-ring (bicyclic) bond motifs is 2. The third kappa shape index (κ3) is 2.85. The van der Waals surface area contributed by atoms with E-state index in [0.29, 0.717) is 5.56 Å². The summed E-state index contributed by atoms with van der Waals surface area (Å²) in [6.07, 6.45) is -6.15. The number of hydrogen-bond donors (Lipinski definition) is 6. The molecule has 35 heavy (non-hydrogen) atoms. The zero-order valence-corrected chi connectivity index (χ0v) is 18.6. The van der Waals surface area contributed by atoms with Gasteiger partial charge in [-0.05, 0) is 37.7 Å². The molecule has 0 unspecified atom stereocenters. The van der Waals surface area contributed by atoms with Crippen LogP contribution in [0, 0.1) is 27.6 Å². The van der Waals surface area contributed by atoms with Crippen molar-refractivity contribution in [2.24, 2.45) is 27.6 Å². The van der Waals surface area contributed by atoms with Crippen LogP contribution in [-0.4, -0.2) is 80.3 Å². The predicted molar refractivity (Wildman–Crippen MR) is 111 cm³/mol. The van der Waals surface area contributed by atoms with Gasteiger partial charge >= 0.3 is 11.9 Å². The maximum Gasteiger partial charge on any atom is 0.314 e. The van der Waals surface area contributed by atoms with Crippen LogP contribution in [0.25, 0.3) is 0 Å². The van der Waals surface area contributed by atoms with Crippen molar-refractivity contribution in [3.8, 4) is 0 Å². The van der Waals surface area contributed by atoms with Gasteiger partial charge in [0.25, 0.3) is 0 Å². The summed E-state index contributed by atoms with van der Waals surface area (Å²) in [5, 5.41) is 63.9. The average molecular weight is 496 g/mol. The number of carboxylic acids is 2. The number of aliphatic hydroxyl groups excluding tert-OH is 4. The number of hydrogen-bond acceptors (Lipinski definition) is 10. The van der Waals surface area contributed by atoms with Crippen molar-refractivity contribution in [3.05, 3.63) is 24.2 Å². The van der Waals surface area contributed by atoms with Gasteiger partial charge in [0, 0.05) is 17.6 Å². The van der Waals surface area contributed by atoms with Gasteiger partial charge in [-0.1, -0.05) is 0 Å². The summed E-state index contributed by atoms with van der Waals surface area (Å²) in [5.41, 5.74) is -9.00. The fourth-order valence-electron chi connectivity index (χ4n) is 7.58. The van der Waals surface area contributed by atoms with Crippen LogP contribution in [0.5, 0.6) is 0 Å². The van der Waals surface area contributed by atoms with Crippen LogP contribution in [0.4, 0.5) is 0 Å². The van der Waals surface area contributed by atoms with Crippen molar-refractivity contribution in [2.45, 2.75) is 56.7 Å². The number of ether oxygens (including phenoxy) is 1. The fraction of sp³-hybridized carbons (Fsp3) is 0.652. The first-order chi connectivity index (χ1) is 16.5. The second-order valence-corrected chi connectivity index (χ2v) is 9.89. The molecule has 1 saturated heterocycles. The number of carbonyl (C=O) groups is 4. The molecular formula is C23H28O12. The normalized spacial score (nSPS) is 45.1. The molecule has 3 fully saturated rings. The van der Waals surface area contributed by atoms with Crippen LogP contribution in [-0.2, 0) is 23.9 Å². The van der Waals surface area contributed by atoms with Crippen LogP contribution in [0.3, 0.4) is 0 Å². The van der Waals surface area contributed by atoms with Crippen molar-refractivity contribution in [1.82, 2.24) is 0 Å². The van der Waals surface area contributed by atoms with Crippen molar-refractivity contribution in [3.63, 3.8) is 0 Å². The molecule has 9 atom stereocenters. The van der Waals surface area contributed by atoms with Gasteiger partial charge in [-0.3, -0.25) is 9.59 Å². The SMILES string of the molecule is O=C[C@]12CC[C@@H](O)[C@@](CC(=O)O)(C(=O)O)[C@@]1(C=O)[C@H](O)C[C@@H](CO)[C@]21C[C@@H](c2ccoc2)O[C@H]1O. The fourth-order valence-corrected chi connectivity index (χ4v) is 7.58. The summed E-state index contributed by atoms with van der Waals surface area (Å²) in [7, 11) is 0. The van der Waals surface area contributed by atoms with E-state index in [2.05, 4.69) is 0 Å². The van der Waals surface area contributed by atoms with Crippen LogP contribution in [0.15, 0.2) is 23.0 Å². The molecule has 1 aromatic heterocycles. The lowest BCUT2D eigenvalue weighted by Gasteiger charge is -2.69. The van der Waals surface area contributed by atoms with Gasteiger partial charge in [0.05, 0.1) is 48.1 Å². The number of aliphatic carboxylic acids is 2. The smallest absolute Gasteiger partial charge is 0.314 e. The number of carboxylic acid groups (broad SMARTS) is 2. The van der Waals surface area contributed by atoms with Gasteiger partial charge in [0.1, 0.15) is 18.0 Å². The van der Waals surface area contributed by atoms with Crippen molar-refractivity contribution >= 4 is 24.5 Å². The van der Waals surface area contributed by atoms with Crippen LogP contribution in [0.2, 0.25) is 0 Å².